The lowest BCUT2D eigenvalue weighted by Gasteiger charge is -2.21. The van der Waals surface area contributed by atoms with Crippen LogP contribution < -0.4 is 15.2 Å². The van der Waals surface area contributed by atoms with E-state index in [4.69, 9.17) is 10.5 Å². The second-order valence-electron chi connectivity index (χ2n) is 4.33. The van der Waals surface area contributed by atoms with E-state index in [9.17, 15) is 18.3 Å². The summed E-state index contributed by atoms with van der Waals surface area (Å²) in [5.41, 5.74) is 6.32. The summed E-state index contributed by atoms with van der Waals surface area (Å²) in [5.74, 6) is -0.246. The lowest BCUT2D eigenvalue weighted by Crippen LogP contribution is -2.26. The first-order valence-electron chi connectivity index (χ1n) is 6.15. The molecule has 0 bridgehead atoms. The average Bonchev–Trinajstić information content (AvgIpc) is 2.36. The van der Waals surface area contributed by atoms with Crippen LogP contribution in [0.1, 0.15) is 31.4 Å². The second-order valence-corrected chi connectivity index (χ2v) is 4.33. The standard InChI is InChI=1S/C13H18F3NO3.ClH/c1-3-4-10(18)12(17)9-6-5-8(7-11(9)19-2)20-13(14,15)16;/h5-7,10,12,18H,3-4,17H2,1-2H3;1H/t10-,12+;/m0./s1. The van der Waals surface area contributed by atoms with Crippen molar-refractivity contribution in [3.8, 4) is 11.5 Å². The Morgan fingerprint density at radius 3 is 2.43 bits per heavy atom. The Bertz CT molecular complexity index is 443. The van der Waals surface area contributed by atoms with Crippen LogP contribution in [0, 0.1) is 0 Å². The Labute approximate surface area is 127 Å². The first-order valence-corrected chi connectivity index (χ1v) is 6.15. The molecule has 0 saturated carbocycles. The number of alkyl halides is 3. The minimum atomic E-state index is -4.77. The normalized spacial score (nSPS) is 14.0. The van der Waals surface area contributed by atoms with E-state index < -0.39 is 24.3 Å². The fourth-order valence-electron chi connectivity index (χ4n) is 1.85. The summed E-state index contributed by atoms with van der Waals surface area (Å²) >= 11 is 0. The van der Waals surface area contributed by atoms with Crippen LogP contribution in [0.5, 0.6) is 11.5 Å². The van der Waals surface area contributed by atoms with Gasteiger partial charge in [-0.3, -0.25) is 0 Å². The van der Waals surface area contributed by atoms with Gasteiger partial charge in [0.05, 0.1) is 19.3 Å². The number of aliphatic hydroxyl groups is 1. The number of hydrogen-bond donors (Lipinski definition) is 2. The Morgan fingerprint density at radius 2 is 1.95 bits per heavy atom. The molecule has 0 spiro atoms. The minimum Gasteiger partial charge on any atom is -0.496 e. The predicted octanol–water partition coefficient (Wildman–Crippen LogP) is 3.18. The first kappa shape index (κ1) is 19.8. The lowest BCUT2D eigenvalue weighted by molar-refractivity contribution is -0.274. The second kappa shape index (κ2) is 8.31. The topological polar surface area (TPSA) is 64.7 Å². The molecule has 1 aromatic rings. The van der Waals surface area contributed by atoms with Gasteiger partial charge in [0, 0.05) is 11.6 Å². The van der Waals surface area contributed by atoms with Gasteiger partial charge in [0.15, 0.2) is 0 Å². The number of hydrogen-bond acceptors (Lipinski definition) is 4. The van der Waals surface area contributed by atoms with Crippen molar-refractivity contribution in [2.24, 2.45) is 5.73 Å². The molecule has 8 heteroatoms. The van der Waals surface area contributed by atoms with Crippen molar-refractivity contribution in [1.29, 1.82) is 0 Å². The molecule has 1 rings (SSSR count). The van der Waals surface area contributed by atoms with Gasteiger partial charge in [-0.2, -0.15) is 0 Å². The van der Waals surface area contributed by atoms with Gasteiger partial charge in [-0.1, -0.05) is 13.3 Å². The maximum atomic E-state index is 12.1. The summed E-state index contributed by atoms with van der Waals surface area (Å²) in [7, 11) is 1.31. The molecule has 0 aliphatic carbocycles. The van der Waals surface area contributed by atoms with Crippen molar-refractivity contribution in [3.63, 3.8) is 0 Å². The van der Waals surface area contributed by atoms with E-state index in [-0.39, 0.29) is 18.2 Å². The molecule has 0 amide bonds. The van der Waals surface area contributed by atoms with E-state index >= 15 is 0 Å². The molecule has 0 radical (unpaired) electrons. The third kappa shape index (κ3) is 5.99. The zero-order valence-corrected chi connectivity index (χ0v) is 12.5. The van der Waals surface area contributed by atoms with Crippen molar-refractivity contribution in [2.75, 3.05) is 7.11 Å². The highest BCUT2D eigenvalue weighted by Crippen LogP contribution is 2.33. The highest BCUT2D eigenvalue weighted by molar-refractivity contribution is 5.85. The van der Waals surface area contributed by atoms with Gasteiger partial charge in [-0.25, -0.2) is 0 Å². The SMILES string of the molecule is CCC[C@H](O)[C@H](N)c1ccc(OC(F)(F)F)cc1OC.Cl. The number of aliphatic hydroxyl groups excluding tert-OH is 1. The summed E-state index contributed by atoms with van der Waals surface area (Å²) in [6, 6.07) is 2.87. The van der Waals surface area contributed by atoms with Gasteiger partial charge >= 0.3 is 6.36 Å². The van der Waals surface area contributed by atoms with Crippen LogP contribution in [0.15, 0.2) is 18.2 Å². The van der Waals surface area contributed by atoms with Crippen LogP contribution >= 0.6 is 12.4 Å². The molecule has 0 heterocycles. The minimum absolute atomic E-state index is 0. The molecule has 1 aromatic carbocycles. The highest BCUT2D eigenvalue weighted by atomic mass is 35.5. The number of nitrogens with two attached hydrogens (primary N) is 1. The van der Waals surface area contributed by atoms with E-state index in [0.717, 1.165) is 18.6 Å². The van der Waals surface area contributed by atoms with Crippen molar-refractivity contribution in [1.82, 2.24) is 0 Å². The van der Waals surface area contributed by atoms with Gasteiger partial charge in [0.2, 0.25) is 0 Å². The number of methoxy groups -OCH3 is 1. The molecular weight excluding hydrogens is 311 g/mol. The average molecular weight is 330 g/mol. The quantitative estimate of drug-likeness (QED) is 0.841. The largest absolute Gasteiger partial charge is 0.573 e. The van der Waals surface area contributed by atoms with Gasteiger partial charge in [-0.15, -0.1) is 25.6 Å². The van der Waals surface area contributed by atoms with Crippen LogP contribution in [-0.2, 0) is 0 Å². The smallest absolute Gasteiger partial charge is 0.496 e. The Hall–Kier alpha value is -1.18. The highest BCUT2D eigenvalue weighted by Gasteiger charge is 2.31. The van der Waals surface area contributed by atoms with Gasteiger partial charge in [0.1, 0.15) is 11.5 Å². The Kier molecular flexibility index (Phi) is 7.84. The summed E-state index contributed by atoms with van der Waals surface area (Å²) in [4.78, 5) is 0. The first-order chi connectivity index (χ1) is 9.28. The molecule has 0 unspecified atom stereocenters. The van der Waals surface area contributed by atoms with Crippen LogP contribution in [0.3, 0.4) is 0 Å². The maximum absolute atomic E-state index is 12.1. The van der Waals surface area contributed by atoms with Crippen molar-refractivity contribution in [2.45, 2.75) is 38.3 Å². The third-order valence-corrected chi connectivity index (χ3v) is 2.80. The number of halogens is 4. The van der Waals surface area contributed by atoms with Crippen molar-refractivity contribution in [3.05, 3.63) is 23.8 Å². The molecule has 0 fully saturated rings. The Morgan fingerprint density at radius 1 is 1.33 bits per heavy atom. The summed E-state index contributed by atoms with van der Waals surface area (Å²) in [6.45, 7) is 1.90. The Balaban J connectivity index is 0.00000400. The van der Waals surface area contributed by atoms with Gasteiger partial charge < -0.3 is 20.3 Å². The van der Waals surface area contributed by atoms with E-state index in [1.54, 1.807) is 0 Å². The van der Waals surface area contributed by atoms with E-state index in [1.807, 2.05) is 6.92 Å². The molecule has 0 saturated heterocycles. The van der Waals surface area contributed by atoms with Crippen molar-refractivity contribution >= 4 is 12.4 Å². The zero-order chi connectivity index (χ0) is 15.3. The predicted molar refractivity (Wildman–Crippen MR) is 74.8 cm³/mol. The molecule has 4 nitrogen and oxygen atoms in total. The van der Waals surface area contributed by atoms with Crippen LogP contribution in [0.2, 0.25) is 0 Å². The monoisotopic (exact) mass is 329 g/mol. The summed E-state index contributed by atoms with van der Waals surface area (Å²) in [5, 5.41) is 9.86. The summed E-state index contributed by atoms with van der Waals surface area (Å²) < 4.78 is 45.2. The molecular formula is C13H19ClF3NO3. The number of rotatable bonds is 6. The van der Waals surface area contributed by atoms with Crippen LogP contribution in [-0.4, -0.2) is 24.7 Å². The van der Waals surface area contributed by atoms with E-state index in [1.165, 1.54) is 13.2 Å². The van der Waals surface area contributed by atoms with E-state index in [2.05, 4.69) is 4.74 Å². The third-order valence-electron chi connectivity index (χ3n) is 2.80. The lowest BCUT2D eigenvalue weighted by atomic mass is 9.98. The van der Waals surface area contributed by atoms with Crippen molar-refractivity contribution < 1.29 is 27.8 Å². The molecule has 21 heavy (non-hydrogen) atoms. The molecule has 3 N–H and O–H groups in total. The van der Waals surface area contributed by atoms with E-state index in [0.29, 0.717) is 12.0 Å². The molecule has 122 valence electrons. The van der Waals surface area contributed by atoms with Crippen LogP contribution in [0.25, 0.3) is 0 Å². The number of benzene rings is 1. The van der Waals surface area contributed by atoms with Gasteiger partial charge in [-0.05, 0) is 18.6 Å². The van der Waals surface area contributed by atoms with Crippen LogP contribution in [0.4, 0.5) is 13.2 Å². The molecule has 0 aliphatic rings. The summed E-state index contributed by atoms with van der Waals surface area (Å²) in [6.07, 6.45) is -4.32. The molecule has 0 aliphatic heterocycles. The molecule has 2 atom stereocenters. The zero-order valence-electron chi connectivity index (χ0n) is 11.7. The number of ether oxygens (including phenoxy) is 2. The fraction of sp³-hybridized carbons (Fsp3) is 0.538. The fourth-order valence-corrected chi connectivity index (χ4v) is 1.85. The maximum Gasteiger partial charge on any atom is 0.573 e. The molecule has 0 aromatic heterocycles. The van der Waals surface area contributed by atoms with Gasteiger partial charge in [0.25, 0.3) is 0 Å².